The van der Waals surface area contributed by atoms with Gasteiger partial charge in [-0.3, -0.25) is 9.67 Å². The standard InChI is InChI=1S/C19H21N7/c1-19(2,3)11-26-17-14(22-18(26)20)10-9-13(21-17)16-15(23-25-24-16)12-7-5-4-6-8-12/h4-10H,11H2,1-3H3,(H2,20,22)(H,23,24,25). The zero-order valence-electron chi connectivity index (χ0n) is 15.1. The molecular weight excluding hydrogens is 326 g/mol. The number of pyridine rings is 1. The van der Waals surface area contributed by atoms with Gasteiger partial charge in [0.15, 0.2) is 5.65 Å². The van der Waals surface area contributed by atoms with Crippen molar-refractivity contribution in [2.45, 2.75) is 27.3 Å². The predicted molar refractivity (Wildman–Crippen MR) is 102 cm³/mol. The van der Waals surface area contributed by atoms with Crippen LogP contribution in [0.3, 0.4) is 0 Å². The Labute approximate surface area is 151 Å². The van der Waals surface area contributed by atoms with Crippen LogP contribution in [0.25, 0.3) is 33.8 Å². The highest BCUT2D eigenvalue weighted by Gasteiger charge is 2.19. The summed E-state index contributed by atoms with van der Waals surface area (Å²) in [6.45, 7) is 7.22. The van der Waals surface area contributed by atoms with Gasteiger partial charge in [-0.25, -0.2) is 9.97 Å². The minimum Gasteiger partial charge on any atom is -0.369 e. The number of rotatable bonds is 3. The maximum atomic E-state index is 6.13. The zero-order chi connectivity index (χ0) is 18.3. The molecule has 26 heavy (non-hydrogen) atoms. The Morgan fingerprint density at radius 2 is 1.81 bits per heavy atom. The summed E-state index contributed by atoms with van der Waals surface area (Å²) in [5.74, 6) is 0.477. The third-order valence-electron chi connectivity index (χ3n) is 4.11. The first-order valence-electron chi connectivity index (χ1n) is 8.52. The second-order valence-electron chi connectivity index (χ2n) is 7.56. The number of nitrogens with one attached hydrogen (secondary N) is 1. The highest BCUT2D eigenvalue weighted by Crippen LogP contribution is 2.29. The number of aromatic nitrogens is 6. The van der Waals surface area contributed by atoms with Crippen molar-refractivity contribution in [2.75, 3.05) is 5.73 Å². The minimum absolute atomic E-state index is 0.0597. The van der Waals surface area contributed by atoms with Crippen molar-refractivity contribution in [3.63, 3.8) is 0 Å². The van der Waals surface area contributed by atoms with Gasteiger partial charge in [-0.2, -0.15) is 0 Å². The van der Waals surface area contributed by atoms with Crippen LogP contribution in [0, 0.1) is 5.41 Å². The molecule has 0 bridgehead atoms. The van der Waals surface area contributed by atoms with Gasteiger partial charge in [0.05, 0.1) is 5.69 Å². The number of benzene rings is 1. The second kappa shape index (κ2) is 5.94. The number of H-pyrrole nitrogens is 1. The highest BCUT2D eigenvalue weighted by molar-refractivity contribution is 5.81. The van der Waals surface area contributed by atoms with E-state index >= 15 is 0 Å². The van der Waals surface area contributed by atoms with E-state index in [0.717, 1.165) is 40.4 Å². The van der Waals surface area contributed by atoms with Gasteiger partial charge in [0.25, 0.3) is 0 Å². The number of anilines is 1. The molecule has 0 amide bonds. The fraction of sp³-hybridized carbons (Fsp3) is 0.263. The molecule has 0 unspecified atom stereocenters. The summed E-state index contributed by atoms with van der Waals surface area (Å²) in [7, 11) is 0. The molecule has 1 aromatic carbocycles. The van der Waals surface area contributed by atoms with Crippen molar-refractivity contribution in [3.8, 4) is 22.6 Å². The largest absolute Gasteiger partial charge is 0.369 e. The maximum Gasteiger partial charge on any atom is 0.202 e. The van der Waals surface area contributed by atoms with E-state index in [2.05, 4.69) is 41.2 Å². The van der Waals surface area contributed by atoms with Crippen LogP contribution in [0.2, 0.25) is 0 Å². The van der Waals surface area contributed by atoms with Crippen molar-refractivity contribution < 1.29 is 0 Å². The van der Waals surface area contributed by atoms with Gasteiger partial charge in [0, 0.05) is 12.1 Å². The fourth-order valence-corrected chi connectivity index (χ4v) is 2.99. The number of fused-ring (bicyclic) bond motifs is 1. The SMILES string of the molecule is CC(C)(C)Cn1c(N)nc2ccc(-c3[nH]nnc3-c3ccccc3)nc21. The number of hydrogen-bond donors (Lipinski definition) is 2. The normalized spacial score (nSPS) is 12.0. The first-order valence-corrected chi connectivity index (χ1v) is 8.52. The lowest BCUT2D eigenvalue weighted by molar-refractivity contribution is 0.350. The van der Waals surface area contributed by atoms with Gasteiger partial charge in [0.2, 0.25) is 5.95 Å². The van der Waals surface area contributed by atoms with Crippen LogP contribution in [-0.4, -0.2) is 29.9 Å². The van der Waals surface area contributed by atoms with Gasteiger partial charge >= 0.3 is 0 Å². The lowest BCUT2D eigenvalue weighted by Gasteiger charge is -2.19. The first-order chi connectivity index (χ1) is 12.4. The highest BCUT2D eigenvalue weighted by atomic mass is 15.3. The molecule has 0 fully saturated rings. The molecule has 7 nitrogen and oxygen atoms in total. The lowest BCUT2D eigenvalue weighted by atomic mass is 9.97. The molecular formula is C19H21N7. The number of nitrogens with zero attached hydrogens (tertiary/aromatic N) is 5. The molecule has 0 saturated carbocycles. The van der Waals surface area contributed by atoms with E-state index in [4.69, 9.17) is 10.7 Å². The van der Waals surface area contributed by atoms with Crippen molar-refractivity contribution in [1.82, 2.24) is 29.9 Å². The van der Waals surface area contributed by atoms with Crippen molar-refractivity contribution >= 4 is 17.1 Å². The first kappa shape index (κ1) is 16.3. The maximum absolute atomic E-state index is 6.13. The topological polar surface area (TPSA) is 98.3 Å². The number of nitrogen functional groups attached to an aromatic ring is 1. The van der Waals surface area contributed by atoms with E-state index in [1.807, 2.05) is 47.0 Å². The predicted octanol–water partition coefficient (Wildman–Crippen LogP) is 3.51. The van der Waals surface area contributed by atoms with Crippen LogP contribution in [0.4, 0.5) is 5.95 Å². The number of hydrogen-bond acceptors (Lipinski definition) is 5. The van der Waals surface area contributed by atoms with Crippen LogP contribution in [0.5, 0.6) is 0 Å². The summed E-state index contributed by atoms with van der Waals surface area (Å²) in [5.41, 5.74) is 11.0. The van der Waals surface area contributed by atoms with Crippen LogP contribution < -0.4 is 5.73 Å². The van der Waals surface area contributed by atoms with E-state index in [1.165, 1.54) is 0 Å². The Bertz CT molecular complexity index is 1050. The summed E-state index contributed by atoms with van der Waals surface area (Å²) in [4.78, 5) is 9.26. The molecule has 0 saturated heterocycles. The summed E-state index contributed by atoms with van der Waals surface area (Å²) in [6, 6.07) is 13.8. The smallest absolute Gasteiger partial charge is 0.202 e. The van der Waals surface area contributed by atoms with Crippen molar-refractivity contribution in [3.05, 3.63) is 42.5 Å². The Kier molecular flexibility index (Phi) is 3.72. The molecule has 7 heteroatoms. The molecule has 4 rings (SSSR count). The van der Waals surface area contributed by atoms with Crippen LogP contribution in [0.1, 0.15) is 20.8 Å². The van der Waals surface area contributed by atoms with Crippen LogP contribution in [0.15, 0.2) is 42.5 Å². The second-order valence-corrected chi connectivity index (χ2v) is 7.56. The van der Waals surface area contributed by atoms with E-state index < -0.39 is 0 Å². The van der Waals surface area contributed by atoms with Gasteiger partial charge in [-0.15, -0.1) is 5.10 Å². The summed E-state index contributed by atoms with van der Waals surface area (Å²) < 4.78 is 1.96. The number of aromatic amines is 1. The third-order valence-corrected chi connectivity index (χ3v) is 4.11. The van der Waals surface area contributed by atoms with E-state index in [1.54, 1.807) is 0 Å². The molecule has 0 aliphatic rings. The average Bonchev–Trinajstić information content (AvgIpc) is 3.20. The Morgan fingerprint density at radius 3 is 2.54 bits per heavy atom. The average molecular weight is 347 g/mol. The minimum atomic E-state index is 0.0597. The molecule has 0 aliphatic carbocycles. The van der Waals surface area contributed by atoms with Crippen LogP contribution >= 0.6 is 0 Å². The van der Waals surface area contributed by atoms with Gasteiger partial charge in [-0.05, 0) is 17.5 Å². The van der Waals surface area contributed by atoms with E-state index in [0.29, 0.717) is 5.95 Å². The third kappa shape index (κ3) is 2.92. The molecule has 132 valence electrons. The van der Waals surface area contributed by atoms with Gasteiger partial charge < -0.3 is 5.73 Å². The van der Waals surface area contributed by atoms with Crippen LogP contribution in [-0.2, 0) is 6.54 Å². The molecule has 0 spiro atoms. The Balaban J connectivity index is 1.84. The zero-order valence-corrected chi connectivity index (χ0v) is 15.1. The molecule has 4 aromatic rings. The Hall–Kier alpha value is -3.22. The summed E-state index contributed by atoms with van der Waals surface area (Å²) >= 11 is 0. The van der Waals surface area contributed by atoms with E-state index in [-0.39, 0.29) is 5.41 Å². The Morgan fingerprint density at radius 1 is 1.04 bits per heavy atom. The molecule has 0 aliphatic heterocycles. The fourth-order valence-electron chi connectivity index (χ4n) is 2.99. The monoisotopic (exact) mass is 347 g/mol. The number of imidazole rings is 1. The summed E-state index contributed by atoms with van der Waals surface area (Å²) in [6.07, 6.45) is 0. The van der Waals surface area contributed by atoms with Gasteiger partial charge in [-0.1, -0.05) is 56.3 Å². The summed E-state index contributed by atoms with van der Waals surface area (Å²) in [5, 5.41) is 11.2. The van der Waals surface area contributed by atoms with Crippen molar-refractivity contribution in [2.24, 2.45) is 5.41 Å². The van der Waals surface area contributed by atoms with Crippen molar-refractivity contribution in [1.29, 1.82) is 0 Å². The van der Waals surface area contributed by atoms with E-state index in [9.17, 15) is 0 Å². The molecule has 3 aromatic heterocycles. The molecule has 0 radical (unpaired) electrons. The molecule has 0 atom stereocenters. The molecule has 3 N–H and O–H groups in total. The lowest BCUT2D eigenvalue weighted by Crippen LogP contribution is -2.17. The molecule has 3 heterocycles. The van der Waals surface area contributed by atoms with Gasteiger partial charge in [0.1, 0.15) is 16.9 Å². The number of nitrogens with two attached hydrogens (primary N) is 1. The quantitative estimate of drug-likeness (QED) is 0.591.